The fourth-order valence-electron chi connectivity index (χ4n) is 4.71. The summed E-state index contributed by atoms with van der Waals surface area (Å²) in [4.78, 5) is 40.0. The third kappa shape index (κ3) is 8.80. The number of amides is 1. The molecule has 2 unspecified atom stereocenters. The lowest BCUT2D eigenvalue weighted by molar-refractivity contribution is -0.193. The number of aryl methyl sites for hydroxylation is 1. The molecule has 1 fully saturated rings. The van der Waals surface area contributed by atoms with Gasteiger partial charge in [0.25, 0.3) is 5.91 Å². The van der Waals surface area contributed by atoms with Gasteiger partial charge in [-0.15, -0.1) is 0 Å². The van der Waals surface area contributed by atoms with Crippen LogP contribution in [-0.2, 0) is 29.1 Å². The van der Waals surface area contributed by atoms with Gasteiger partial charge in [-0.1, -0.05) is 37.3 Å². The van der Waals surface area contributed by atoms with Crippen LogP contribution in [0.4, 0.5) is 26.3 Å². The van der Waals surface area contributed by atoms with E-state index in [2.05, 4.69) is 51.8 Å². The van der Waals surface area contributed by atoms with Gasteiger partial charge in [0.05, 0.1) is 24.3 Å². The lowest BCUT2D eigenvalue weighted by Crippen LogP contribution is -2.49. The molecule has 15 heteroatoms. The van der Waals surface area contributed by atoms with Gasteiger partial charge >= 0.3 is 24.3 Å². The summed E-state index contributed by atoms with van der Waals surface area (Å²) in [5, 5.41) is 14.2. The standard InChI is InChI=1S/C24H26N4O.2C2HF3O2/c1-2-18-8-10-19(11-9-18)14-26-16-22-23(17-26)28(15-20-6-3-4-12-25-20)24(29)21-7-5-13-27(21)22;2*3-2(4,5)1(6)7/h3-13,22-23H,2,14-17H2,1H3;2*(H,6,7). The highest BCUT2D eigenvalue weighted by Gasteiger charge is 2.45. The van der Waals surface area contributed by atoms with Crippen LogP contribution in [0.2, 0.25) is 0 Å². The van der Waals surface area contributed by atoms with E-state index in [9.17, 15) is 31.1 Å². The van der Waals surface area contributed by atoms with Gasteiger partial charge in [-0.2, -0.15) is 26.3 Å². The fraction of sp³-hybridized carbons (Fsp3) is 0.357. The lowest BCUT2D eigenvalue weighted by Gasteiger charge is -2.38. The van der Waals surface area contributed by atoms with Crippen molar-refractivity contribution in [2.45, 2.75) is 50.9 Å². The number of carboxylic acid groups (broad SMARTS) is 2. The Bertz CT molecular complexity index is 1370. The van der Waals surface area contributed by atoms with Crippen molar-refractivity contribution in [1.82, 2.24) is 19.4 Å². The first kappa shape index (κ1) is 33.1. The average molecular weight is 615 g/mol. The number of hydrogen-bond acceptors (Lipinski definition) is 5. The molecule has 1 aromatic carbocycles. The third-order valence-electron chi connectivity index (χ3n) is 6.73. The molecular formula is C28H28F6N4O5. The van der Waals surface area contributed by atoms with Crippen molar-refractivity contribution in [3.8, 4) is 0 Å². The van der Waals surface area contributed by atoms with Crippen LogP contribution in [0.5, 0.6) is 0 Å². The topological polar surface area (TPSA) is 116 Å². The SMILES string of the molecule is CCc1ccc(CN2CC3C(C2)n2cccc2C(=O)N3Cc2ccccn2)cc1.O=C(O)C(F)(F)F.O=C(O)C(F)(F)F. The Morgan fingerprint density at radius 3 is 1.91 bits per heavy atom. The van der Waals surface area contributed by atoms with Gasteiger partial charge in [0, 0.05) is 32.0 Å². The highest BCUT2D eigenvalue weighted by molar-refractivity contribution is 5.94. The first-order valence-electron chi connectivity index (χ1n) is 12.9. The fourth-order valence-corrected chi connectivity index (χ4v) is 4.71. The second kappa shape index (κ2) is 13.7. The van der Waals surface area contributed by atoms with Crippen molar-refractivity contribution in [3.63, 3.8) is 0 Å². The number of nitrogens with zero attached hydrogens (tertiary/aromatic N) is 4. The molecule has 2 N–H and O–H groups in total. The Morgan fingerprint density at radius 2 is 1.40 bits per heavy atom. The van der Waals surface area contributed by atoms with E-state index >= 15 is 0 Å². The van der Waals surface area contributed by atoms with E-state index in [-0.39, 0.29) is 18.0 Å². The smallest absolute Gasteiger partial charge is 0.475 e. The number of rotatable bonds is 5. The summed E-state index contributed by atoms with van der Waals surface area (Å²) in [6, 6.07) is 19.2. The van der Waals surface area contributed by atoms with Crippen LogP contribution >= 0.6 is 0 Å². The molecule has 2 atom stereocenters. The maximum atomic E-state index is 13.2. The molecule has 3 aromatic rings. The number of hydrogen-bond donors (Lipinski definition) is 2. The van der Waals surface area contributed by atoms with E-state index in [1.54, 1.807) is 6.20 Å². The van der Waals surface area contributed by atoms with Crippen molar-refractivity contribution in [2.75, 3.05) is 13.1 Å². The van der Waals surface area contributed by atoms with Crippen molar-refractivity contribution < 1.29 is 50.9 Å². The molecule has 2 aliphatic heterocycles. The number of benzene rings is 1. The van der Waals surface area contributed by atoms with Gasteiger partial charge in [-0.05, 0) is 41.8 Å². The predicted octanol–water partition coefficient (Wildman–Crippen LogP) is 4.79. The predicted molar refractivity (Wildman–Crippen MR) is 140 cm³/mol. The van der Waals surface area contributed by atoms with Gasteiger partial charge in [0.1, 0.15) is 5.69 Å². The maximum Gasteiger partial charge on any atom is 0.490 e. The summed E-state index contributed by atoms with van der Waals surface area (Å²) in [5.74, 6) is -5.41. The number of halogens is 6. The first-order valence-corrected chi connectivity index (χ1v) is 12.9. The molecule has 5 rings (SSSR count). The van der Waals surface area contributed by atoms with E-state index in [0.29, 0.717) is 6.54 Å². The molecule has 43 heavy (non-hydrogen) atoms. The van der Waals surface area contributed by atoms with E-state index in [4.69, 9.17) is 19.8 Å². The highest BCUT2D eigenvalue weighted by atomic mass is 19.4. The van der Waals surface area contributed by atoms with Crippen LogP contribution in [0.3, 0.4) is 0 Å². The number of fused-ring (bicyclic) bond motifs is 3. The van der Waals surface area contributed by atoms with E-state index in [0.717, 1.165) is 37.4 Å². The quantitative estimate of drug-likeness (QED) is 0.397. The molecule has 1 saturated heterocycles. The summed E-state index contributed by atoms with van der Waals surface area (Å²) < 4.78 is 65.7. The highest BCUT2D eigenvalue weighted by Crippen LogP contribution is 2.35. The zero-order chi connectivity index (χ0) is 31.9. The van der Waals surface area contributed by atoms with E-state index in [1.165, 1.54) is 11.1 Å². The number of alkyl halides is 6. The average Bonchev–Trinajstić information content (AvgIpc) is 3.59. The molecule has 9 nitrogen and oxygen atoms in total. The van der Waals surface area contributed by atoms with Crippen LogP contribution < -0.4 is 0 Å². The number of aliphatic carboxylic acids is 2. The van der Waals surface area contributed by atoms with Crippen LogP contribution in [0.25, 0.3) is 0 Å². The van der Waals surface area contributed by atoms with Gasteiger partial charge in [-0.3, -0.25) is 14.7 Å². The number of carbonyl (C=O) groups excluding carboxylic acids is 1. The van der Waals surface area contributed by atoms with Gasteiger partial charge in [0.15, 0.2) is 0 Å². The van der Waals surface area contributed by atoms with Crippen LogP contribution in [-0.4, -0.2) is 78.9 Å². The monoisotopic (exact) mass is 614 g/mol. The molecule has 0 bridgehead atoms. The Kier molecular flexibility index (Phi) is 10.6. The van der Waals surface area contributed by atoms with Crippen molar-refractivity contribution >= 4 is 17.8 Å². The van der Waals surface area contributed by atoms with Gasteiger partial charge in [-0.25, -0.2) is 9.59 Å². The minimum Gasteiger partial charge on any atom is -0.475 e. The molecule has 0 aliphatic carbocycles. The minimum absolute atomic E-state index is 0.107. The number of carboxylic acids is 2. The van der Waals surface area contributed by atoms with E-state index < -0.39 is 24.3 Å². The van der Waals surface area contributed by atoms with E-state index in [1.807, 2.05) is 35.2 Å². The molecule has 2 aliphatic rings. The number of pyridine rings is 1. The molecule has 1 amide bonds. The minimum atomic E-state index is -5.08. The summed E-state index contributed by atoms with van der Waals surface area (Å²) >= 11 is 0. The van der Waals surface area contributed by atoms with Crippen molar-refractivity contribution in [2.24, 2.45) is 0 Å². The van der Waals surface area contributed by atoms with Crippen LogP contribution in [0.15, 0.2) is 67.0 Å². The van der Waals surface area contributed by atoms with Gasteiger partial charge in [0.2, 0.25) is 0 Å². The number of carbonyl (C=O) groups is 3. The third-order valence-corrected chi connectivity index (χ3v) is 6.73. The molecule has 232 valence electrons. The largest absolute Gasteiger partial charge is 0.490 e. The first-order chi connectivity index (χ1) is 20.1. The molecule has 0 spiro atoms. The zero-order valence-corrected chi connectivity index (χ0v) is 22.7. The molecule has 4 heterocycles. The molecule has 0 radical (unpaired) electrons. The summed E-state index contributed by atoms with van der Waals surface area (Å²) in [7, 11) is 0. The summed E-state index contributed by atoms with van der Waals surface area (Å²) in [6.45, 7) is 5.50. The zero-order valence-electron chi connectivity index (χ0n) is 22.7. The Balaban J connectivity index is 0.000000303. The molecule has 2 aromatic heterocycles. The Hall–Kier alpha value is -4.40. The summed E-state index contributed by atoms with van der Waals surface area (Å²) in [6.07, 6.45) is -5.25. The van der Waals surface area contributed by atoms with Crippen LogP contribution in [0, 0.1) is 0 Å². The van der Waals surface area contributed by atoms with Crippen molar-refractivity contribution in [1.29, 1.82) is 0 Å². The molecule has 0 saturated carbocycles. The van der Waals surface area contributed by atoms with Crippen LogP contribution in [0.1, 0.15) is 40.3 Å². The van der Waals surface area contributed by atoms with Gasteiger partial charge < -0.3 is 19.7 Å². The second-order valence-electron chi connectivity index (χ2n) is 9.66. The van der Waals surface area contributed by atoms with Crippen molar-refractivity contribution in [3.05, 3.63) is 89.5 Å². The number of aromatic nitrogens is 2. The Labute approximate surface area is 242 Å². The number of likely N-dealkylation sites (tertiary alicyclic amines) is 1. The molecular weight excluding hydrogens is 586 g/mol. The lowest BCUT2D eigenvalue weighted by atomic mass is 10.1. The Morgan fingerprint density at radius 1 is 0.837 bits per heavy atom. The normalized spacial score (nSPS) is 18.0. The second-order valence-corrected chi connectivity index (χ2v) is 9.66. The maximum absolute atomic E-state index is 13.2. The summed E-state index contributed by atoms with van der Waals surface area (Å²) in [5.41, 5.74) is 4.42.